The molecular weight excluding hydrogens is 370 g/mol. The van der Waals surface area contributed by atoms with Gasteiger partial charge >= 0.3 is 0 Å². The first kappa shape index (κ1) is 16.5. The predicted molar refractivity (Wildman–Crippen MR) is 85.4 cm³/mol. The largest absolute Gasteiger partial charge is 0.550 e. The smallest absolute Gasteiger partial charge is 0.251 e. The topological polar surface area (TPSA) is 69.2 Å². The molecule has 4 nitrogen and oxygen atoms in total. The fourth-order valence-electron chi connectivity index (χ4n) is 1.99. The van der Waals surface area contributed by atoms with Crippen molar-refractivity contribution in [1.82, 2.24) is 5.32 Å². The Hall–Kier alpha value is -1.85. The van der Waals surface area contributed by atoms with Gasteiger partial charge in [0.05, 0.1) is 6.04 Å². The molecule has 0 aliphatic carbocycles. The van der Waals surface area contributed by atoms with Crippen LogP contribution in [0.15, 0.2) is 53.0 Å². The van der Waals surface area contributed by atoms with Gasteiger partial charge in [-0.25, -0.2) is 0 Å². The van der Waals surface area contributed by atoms with Crippen molar-refractivity contribution < 1.29 is 14.7 Å². The third kappa shape index (κ3) is 4.58. The van der Waals surface area contributed by atoms with E-state index in [-0.39, 0.29) is 12.3 Å². The van der Waals surface area contributed by atoms with E-state index in [1.54, 1.807) is 48.5 Å². The van der Waals surface area contributed by atoms with Gasteiger partial charge in [-0.05, 0) is 35.9 Å². The highest BCUT2D eigenvalue weighted by Gasteiger charge is 2.16. The Morgan fingerprint density at radius 3 is 2.45 bits per heavy atom. The van der Waals surface area contributed by atoms with E-state index in [0.29, 0.717) is 16.1 Å². The second-order valence-electron chi connectivity index (χ2n) is 4.66. The maximum atomic E-state index is 12.3. The standard InChI is InChI=1S/C16H13BrClNO3/c17-12-3-1-2-11(8-12)16(22)19-14(9-15(20)21)10-4-6-13(18)7-5-10/h1-8,14H,9H2,(H,19,22)(H,20,21)/p-1/t14-/m0/s1. The lowest BCUT2D eigenvalue weighted by atomic mass is 10.0. The first-order valence-electron chi connectivity index (χ1n) is 6.47. The van der Waals surface area contributed by atoms with Crippen LogP contribution in [0.2, 0.25) is 5.02 Å². The molecule has 0 aromatic heterocycles. The summed E-state index contributed by atoms with van der Waals surface area (Å²) in [6.07, 6.45) is -0.318. The lowest BCUT2D eigenvalue weighted by Gasteiger charge is -2.20. The highest BCUT2D eigenvalue weighted by molar-refractivity contribution is 9.10. The van der Waals surface area contributed by atoms with Gasteiger partial charge in [-0.2, -0.15) is 0 Å². The third-order valence-electron chi connectivity index (χ3n) is 3.04. The van der Waals surface area contributed by atoms with Crippen molar-refractivity contribution in [3.8, 4) is 0 Å². The number of aliphatic carboxylic acids is 1. The number of rotatable bonds is 5. The van der Waals surface area contributed by atoms with E-state index in [4.69, 9.17) is 11.6 Å². The van der Waals surface area contributed by atoms with Crippen LogP contribution in [0.25, 0.3) is 0 Å². The maximum absolute atomic E-state index is 12.3. The summed E-state index contributed by atoms with van der Waals surface area (Å²) < 4.78 is 0.767. The van der Waals surface area contributed by atoms with E-state index in [2.05, 4.69) is 21.2 Å². The van der Waals surface area contributed by atoms with Crippen LogP contribution >= 0.6 is 27.5 Å². The molecule has 0 spiro atoms. The van der Waals surface area contributed by atoms with Gasteiger partial charge in [-0.3, -0.25) is 4.79 Å². The van der Waals surface area contributed by atoms with Gasteiger partial charge in [0.15, 0.2) is 0 Å². The molecule has 2 aromatic rings. The molecule has 1 atom stereocenters. The molecule has 0 fully saturated rings. The molecule has 22 heavy (non-hydrogen) atoms. The lowest BCUT2D eigenvalue weighted by molar-refractivity contribution is -0.306. The molecule has 114 valence electrons. The van der Waals surface area contributed by atoms with Crippen molar-refractivity contribution >= 4 is 39.4 Å². The summed E-state index contributed by atoms with van der Waals surface area (Å²) in [6, 6.07) is 12.8. The van der Waals surface area contributed by atoms with E-state index in [1.165, 1.54) is 0 Å². The van der Waals surface area contributed by atoms with Crippen molar-refractivity contribution in [2.24, 2.45) is 0 Å². The molecular formula is C16H12BrClNO3-. The van der Waals surface area contributed by atoms with Gasteiger partial charge in [-0.15, -0.1) is 0 Å². The van der Waals surface area contributed by atoms with Gasteiger partial charge in [-0.1, -0.05) is 45.7 Å². The molecule has 0 heterocycles. The van der Waals surface area contributed by atoms with Gasteiger partial charge in [0.2, 0.25) is 0 Å². The van der Waals surface area contributed by atoms with Crippen LogP contribution in [0.4, 0.5) is 0 Å². The Labute approximate surface area is 141 Å². The zero-order valence-electron chi connectivity index (χ0n) is 11.4. The molecule has 0 aliphatic heterocycles. The molecule has 0 bridgehead atoms. The summed E-state index contributed by atoms with van der Waals surface area (Å²) in [4.78, 5) is 23.2. The van der Waals surface area contributed by atoms with Gasteiger partial charge in [0.25, 0.3) is 5.91 Å². The average Bonchev–Trinajstić information content (AvgIpc) is 2.47. The Kier molecular flexibility index (Phi) is 5.57. The number of nitrogens with one attached hydrogen (secondary N) is 1. The molecule has 6 heteroatoms. The number of hydrogen-bond acceptors (Lipinski definition) is 3. The summed E-state index contributed by atoms with van der Waals surface area (Å²) in [6.45, 7) is 0. The van der Waals surface area contributed by atoms with Crippen LogP contribution in [0.1, 0.15) is 28.4 Å². The number of amides is 1. The van der Waals surface area contributed by atoms with Gasteiger partial charge in [0.1, 0.15) is 0 Å². The first-order chi connectivity index (χ1) is 10.5. The van der Waals surface area contributed by atoms with Gasteiger partial charge in [0, 0.05) is 27.4 Å². The fourth-order valence-corrected chi connectivity index (χ4v) is 2.51. The summed E-state index contributed by atoms with van der Waals surface area (Å²) in [5.74, 6) is -1.60. The quantitative estimate of drug-likeness (QED) is 0.866. The monoisotopic (exact) mass is 380 g/mol. The zero-order valence-corrected chi connectivity index (χ0v) is 13.7. The third-order valence-corrected chi connectivity index (χ3v) is 3.78. The van der Waals surface area contributed by atoms with E-state index in [9.17, 15) is 14.7 Å². The number of carbonyl (C=O) groups is 2. The number of halogens is 2. The normalized spacial score (nSPS) is 11.7. The molecule has 1 amide bonds. The Bertz CT molecular complexity index is 688. The van der Waals surface area contributed by atoms with E-state index >= 15 is 0 Å². The minimum atomic E-state index is -1.24. The molecule has 1 N–H and O–H groups in total. The highest BCUT2D eigenvalue weighted by atomic mass is 79.9. The summed E-state index contributed by atoms with van der Waals surface area (Å²) >= 11 is 9.11. The fraction of sp³-hybridized carbons (Fsp3) is 0.125. The van der Waals surface area contributed by atoms with Crippen molar-refractivity contribution in [2.45, 2.75) is 12.5 Å². The zero-order chi connectivity index (χ0) is 16.1. The first-order valence-corrected chi connectivity index (χ1v) is 7.64. The molecule has 0 saturated heterocycles. The van der Waals surface area contributed by atoms with Crippen LogP contribution in [0.5, 0.6) is 0 Å². The van der Waals surface area contributed by atoms with E-state index < -0.39 is 12.0 Å². The maximum Gasteiger partial charge on any atom is 0.251 e. The SMILES string of the molecule is O=C([O-])C[C@H](NC(=O)c1cccc(Br)c1)c1ccc(Cl)cc1. The predicted octanol–water partition coefficient (Wildman–Crippen LogP) is 2.71. The average molecular weight is 382 g/mol. The van der Waals surface area contributed by atoms with Crippen LogP contribution in [0, 0.1) is 0 Å². The summed E-state index contributed by atoms with van der Waals surface area (Å²) in [5, 5.41) is 14.2. The molecule has 0 radical (unpaired) electrons. The highest BCUT2D eigenvalue weighted by Crippen LogP contribution is 2.20. The van der Waals surface area contributed by atoms with E-state index in [0.717, 1.165) is 4.47 Å². The summed E-state index contributed by atoms with van der Waals surface area (Å²) in [7, 11) is 0. The lowest BCUT2D eigenvalue weighted by Crippen LogP contribution is -2.34. The Morgan fingerprint density at radius 2 is 1.86 bits per heavy atom. The van der Waals surface area contributed by atoms with Crippen LogP contribution in [-0.4, -0.2) is 11.9 Å². The number of carboxylic acids is 1. The molecule has 0 unspecified atom stereocenters. The summed E-state index contributed by atoms with van der Waals surface area (Å²) in [5.41, 5.74) is 1.09. The molecule has 2 aromatic carbocycles. The number of carboxylic acid groups (broad SMARTS) is 1. The second kappa shape index (κ2) is 7.42. The van der Waals surface area contributed by atoms with E-state index in [1.807, 2.05) is 0 Å². The minimum Gasteiger partial charge on any atom is -0.550 e. The van der Waals surface area contributed by atoms with Crippen LogP contribution < -0.4 is 10.4 Å². The Balaban J connectivity index is 2.21. The van der Waals surface area contributed by atoms with Crippen LogP contribution in [0.3, 0.4) is 0 Å². The van der Waals surface area contributed by atoms with Crippen LogP contribution in [-0.2, 0) is 4.79 Å². The molecule has 0 saturated carbocycles. The van der Waals surface area contributed by atoms with Crippen molar-refractivity contribution in [3.63, 3.8) is 0 Å². The molecule has 0 aliphatic rings. The molecule has 2 rings (SSSR count). The number of hydrogen-bond donors (Lipinski definition) is 1. The number of carbonyl (C=O) groups excluding carboxylic acids is 2. The Morgan fingerprint density at radius 1 is 1.18 bits per heavy atom. The van der Waals surface area contributed by atoms with Crippen molar-refractivity contribution in [1.29, 1.82) is 0 Å². The number of benzene rings is 2. The second-order valence-corrected chi connectivity index (χ2v) is 6.02. The van der Waals surface area contributed by atoms with Crippen molar-refractivity contribution in [2.75, 3.05) is 0 Å². The van der Waals surface area contributed by atoms with Gasteiger partial charge < -0.3 is 15.2 Å². The minimum absolute atomic E-state index is 0.318. The van der Waals surface area contributed by atoms with Crippen molar-refractivity contribution in [3.05, 3.63) is 69.2 Å².